The summed E-state index contributed by atoms with van der Waals surface area (Å²) in [7, 11) is 0. The highest BCUT2D eigenvalue weighted by Crippen LogP contribution is 2.24. The molecule has 0 spiro atoms. The van der Waals surface area contributed by atoms with Crippen molar-refractivity contribution < 1.29 is 24.2 Å². The summed E-state index contributed by atoms with van der Waals surface area (Å²) in [6.07, 6.45) is 0.00786. The van der Waals surface area contributed by atoms with Crippen molar-refractivity contribution in [3.63, 3.8) is 0 Å². The minimum Gasteiger partial charge on any atom is -0.466 e. The summed E-state index contributed by atoms with van der Waals surface area (Å²) < 4.78 is 10.1. The van der Waals surface area contributed by atoms with Crippen LogP contribution in [0.25, 0.3) is 0 Å². The molecule has 116 valence electrons. The fourth-order valence-electron chi connectivity index (χ4n) is 2.27. The van der Waals surface area contributed by atoms with Crippen LogP contribution in [0.3, 0.4) is 0 Å². The van der Waals surface area contributed by atoms with Crippen LogP contribution >= 0.6 is 0 Å². The van der Waals surface area contributed by atoms with Gasteiger partial charge in [0.15, 0.2) is 0 Å². The summed E-state index contributed by atoms with van der Waals surface area (Å²) >= 11 is 0. The number of likely N-dealkylation sites (tertiary alicyclic amines) is 1. The fraction of sp³-hybridized carbons (Fsp3) is 0.857. The number of carbonyl (C=O) groups excluding carboxylic acids is 2. The second-order valence-electron chi connectivity index (χ2n) is 5.96. The summed E-state index contributed by atoms with van der Waals surface area (Å²) in [5, 5.41) is 10.1. The zero-order valence-electron chi connectivity index (χ0n) is 12.7. The topological polar surface area (TPSA) is 76.1 Å². The molecule has 1 saturated heterocycles. The van der Waals surface area contributed by atoms with Crippen LogP contribution in [0.5, 0.6) is 0 Å². The van der Waals surface area contributed by atoms with Gasteiger partial charge < -0.3 is 19.5 Å². The van der Waals surface area contributed by atoms with Crippen molar-refractivity contribution in [2.75, 3.05) is 13.2 Å². The van der Waals surface area contributed by atoms with E-state index in [-0.39, 0.29) is 19.1 Å². The van der Waals surface area contributed by atoms with Gasteiger partial charge in [0.2, 0.25) is 0 Å². The Balaban J connectivity index is 2.60. The van der Waals surface area contributed by atoms with Crippen LogP contribution in [-0.2, 0) is 14.3 Å². The molecule has 0 radical (unpaired) electrons. The molecule has 1 aliphatic heterocycles. The molecule has 1 rings (SSSR count). The predicted molar refractivity (Wildman–Crippen MR) is 73.2 cm³/mol. The standard InChI is InChI=1S/C14H25NO5/c1-5-19-12(17)9-11(16)10-7-6-8-15(10)13(18)20-14(2,3)4/h10-11,16H,5-9H2,1-4H3/t10-,11-/m1/s1. The van der Waals surface area contributed by atoms with Crippen molar-refractivity contribution in [2.24, 2.45) is 0 Å². The second-order valence-corrected chi connectivity index (χ2v) is 5.96. The quantitative estimate of drug-likeness (QED) is 0.796. The monoisotopic (exact) mass is 287 g/mol. The third kappa shape index (κ3) is 5.00. The highest BCUT2D eigenvalue weighted by atomic mass is 16.6. The van der Waals surface area contributed by atoms with E-state index in [1.807, 2.05) is 0 Å². The Hall–Kier alpha value is -1.30. The summed E-state index contributed by atoms with van der Waals surface area (Å²) in [5.74, 6) is -0.448. The van der Waals surface area contributed by atoms with Crippen molar-refractivity contribution in [1.29, 1.82) is 0 Å². The molecule has 6 heteroatoms. The first-order valence-electron chi connectivity index (χ1n) is 7.08. The summed E-state index contributed by atoms with van der Waals surface area (Å²) in [6, 6.07) is -0.380. The first-order chi connectivity index (χ1) is 9.24. The molecule has 1 amide bonds. The first-order valence-corrected chi connectivity index (χ1v) is 7.08. The number of aliphatic hydroxyl groups is 1. The number of aliphatic hydroxyl groups excluding tert-OH is 1. The second kappa shape index (κ2) is 6.92. The van der Waals surface area contributed by atoms with E-state index in [9.17, 15) is 14.7 Å². The highest BCUT2D eigenvalue weighted by molar-refractivity contribution is 5.71. The molecule has 1 aliphatic rings. The van der Waals surface area contributed by atoms with Gasteiger partial charge in [-0.3, -0.25) is 4.79 Å². The zero-order chi connectivity index (χ0) is 15.3. The van der Waals surface area contributed by atoms with Gasteiger partial charge in [-0.15, -0.1) is 0 Å². The van der Waals surface area contributed by atoms with Crippen LogP contribution in [0.1, 0.15) is 47.0 Å². The molecular weight excluding hydrogens is 262 g/mol. The Morgan fingerprint density at radius 1 is 1.40 bits per heavy atom. The molecule has 1 fully saturated rings. The van der Waals surface area contributed by atoms with Gasteiger partial charge in [0.05, 0.1) is 25.2 Å². The molecule has 6 nitrogen and oxygen atoms in total. The lowest BCUT2D eigenvalue weighted by atomic mass is 10.1. The van der Waals surface area contributed by atoms with E-state index < -0.39 is 23.8 Å². The Morgan fingerprint density at radius 2 is 2.05 bits per heavy atom. The summed E-state index contributed by atoms with van der Waals surface area (Å²) in [6.45, 7) is 7.93. The largest absolute Gasteiger partial charge is 0.466 e. The van der Waals surface area contributed by atoms with Gasteiger partial charge in [-0.2, -0.15) is 0 Å². The lowest BCUT2D eigenvalue weighted by Gasteiger charge is -2.30. The Kier molecular flexibility index (Phi) is 5.80. The van der Waals surface area contributed by atoms with Gasteiger partial charge in [0.25, 0.3) is 0 Å². The average Bonchev–Trinajstić information content (AvgIpc) is 2.75. The molecule has 1 heterocycles. The van der Waals surface area contributed by atoms with E-state index in [0.717, 1.165) is 6.42 Å². The van der Waals surface area contributed by atoms with E-state index in [1.54, 1.807) is 27.7 Å². The van der Waals surface area contributed by atoms with E-state index in [1.165, 1.54) is 4.90 Å². The number of carbonyl (C=O) groups is 2. The molecular formula is C14H25NO5. The van der Waals surface area contributed by atoms with E-state index in [2.05, 4.69) is 0 Å². The molecule has 0 aromatic carbocycles. The van der Waals surface area contributed by atoms with Gasteiger partial charge >= 0.3 is 12.1 Å². The normalized spacial score (nSPS) is 20.6. The molecule has 0 aromatic heterocycles. The fourth-order valence-corrected chi connectivity index (χ4v) is 2.27. The zero-order valence-corrected chi connectivity index (χ0v) is 12.7. The molecule has 0 aromatic rings. The molecule has 0 unspecified atom stereocenters. The van der Waals surface area contributed by atoms with Gasteiger partial charge in [-0.05, 0) is 40.5 Å². The Bertz CT molecular complexity index is 350. The molecule has 0 aliphatic carbocycles. The van der Waals surface area contributed by atoms with Crippen molar-refractivity contribution in [3.05, 3.63) is 0 Å². The van der Waals surface area contributed by atoms with Crippen LogP contribution in [0.2, 0.25) is 0 Å². The van der Waals surface area contributed by atoms with Crippen molar-refractivity contribution in [2.45, 2.75) is 64.7 Å². The average molecular weight is 287 g/mol. The highest BCUT2D eigenvalue weighted by Gasteiger charge is 2.37. The number of esters is 1. The molecule has 2 atom stereocenters. The Labute approximate surface area is 120 Å². The number of rotatable bonds is 4. The van der Waals surface area contributed by atoms with Crippen LogP contribution < -0.4 is 0 Å². The molecule has 20 heavy (non-hydrogen) atoms. The van der Waals surface area contributed by atoms with Gasteiger partial charge in [0.1, 0.15) is 5.60 Å². The minimum atomic E-state index is -0.913. The molecule has 1 N–H and O–H groups in total. The van der Waals surface area contributed by atoms with Gasteiger partial charge in [-0.1, -0.05) is 0 Å². The molecule has 0 saturated carbocycles. The Morgan fingerprint density at radius 3 is 2.60 bits per heavy atom. The van der Waals surface area contributed by atoms with Crippen LogP contribution in [0.15, 0.2) is 0 Å². The van der Waals surface area contributed by atoms with Crippen molar-refractivity contribution >= 4 is 12.1 Å². The summed E-state index contributed by atoms with van der Waals surface area (Å²) in [4.78, 5) is 25.0. The van der Waals surface area contributed by atoms with E-state index in [0.29, 0.717) is 13.0 Å². The van der Waals surface area contributed by atoms with Crippen LogP contribution in [-0.4, -0.2) is 53.0 Å². The third-order valence-corrected chi connectivity index (χ3v) is 3.05. The maximum absolute atomic E-state index is 12.1. The SMILES string of the molecule is CCOC(=O)C[C@@H](O)[C@H]1CCCN1C(=O)OC(C)(C)C. The lowest BCUT2D eigenvalue weighted by Crippen LogP contribution is -2.45. The molecule has 0 bridgehead atoms. The van der Waals surface area contributed by atoms with Gasteiger partial charge in [0, 0.05) is 6.54 Å². The lowest BCUT2D eigenvalue weighted by molar-refractivity contribution is -0.146. The van der Waals surface area contributed by atoms with E-state index >= 15 is 0 Å². The third-order valence-electron chi connectivity index (χ3n) is 3.05. The maximum Gasteiger partial charge on any atom is 0.410 e. The van der Waals surface area contributed by atoms with Crippen LogP contribution in [0.4, 0.5) is 4.79 Å². The van der Waals surface area contributed by atoms with E-state index in [4.69, 9.17) is 9.47 Å². The predicted octanol–water partition coefficient (Wildman–Crippen LogP) is 1.70. The van der Waals surface area contributed by atoms with Gasteiger partial charge in [-0.25, -0.2) is 4.79 Å². The van der Waals surface area contributed by atoms with Crippen LogP contribution in [0, 0.1) is 0 Å². The number of nitrogens with zero attached hydrogens (tertiary/aromatic N) is 1. The van der Waals surface area contributed by atoms with Crippen molar-refractivity contribution in [3.8, 4) is 0 Å². The smallest absolute Gasteiger partial charge is 0.410 e. The number of ether oxygens (including phenoxy) is 2. The summed E-state index contributed by atoms with van der Waals surface area (Å²) in [5.41, 5.74) is -0.573. The minimum absolute atomic E-state index is 0.0994. The maximum atomic E-state index is 12.1. The number of hydrogen-bond acceptors (Lipinski definition) is 5. The number of hydrogen-bond donors (Lipinski definition) is 1. The first kappa shape index (κ1) is 16.8. The number of amides is 1. The van der Waals surface area contributed by atoms with Crippen molar-refractivity contribution in [1.82, 2.24) is 4.90 Å².